The van der Waals surface area contributed by atoms with Crippen molar-refractivity contribution in [1.82, 2.24) is 9.55 Å². The minimum absolute atomic E-state index is 0.0254. The van der Waals surface area contributed by atoms with Crippen molar-refractivity contribution >= 4 is 32.9 Å². The highest BCUT2D eigenvalue weighted by Crippen LogP contribution is 2.38. The molecule has 1 heterocycles. The molecule has 106 valence electrons. The van der Waals surface area contributed by atoms with Gasteiger partial charge < -0.3 is 9.67 Å². The van der Waals surface area contributed by atoms with E-state index < -0.39 is 5.97 Å². The second kappa shape index (κ2) is 5.20. The Kier molecular flexibility index (Phi) is 3.54. The number of carbonyl (C=O) groups is 1. The smallest absolute Gasteiger partial charge is 0.307 e. The van der Waals surface area contributed by atoms with Gasteiger partial charge >= 0.3 is 5.97 Å². The van der Waals surface area contributed by atoms with Gasteiger partial charge in [-0.05, 0) is 31.0 Å². The number of aliphatic carboxylic acids is 1. The molecule has 2 atom stereocenters. The van der Waals surface area contributed by atoms with Crippen molar-refractivity contribution in [3.63, 3.8) is 0 Å². The summed E-state index contributed by atoms with van der Waals surface area (Å²) in [5.41, 5.74) is 1.98. The third-order valence-electron chi connectivity index (χ3n) is 4.29. The van der Waals surface area contributed by atoms with Gasteiger partial charge in [0.05, 0.1) is 17.0 Å². The number of hydrogen-bond donors (Lipinski definition) is 1. The Morgan fingerprint density at radius 3 is 2.90 bits per heavy atom. The lowest BCUT2D eigenvalue weighted by Crippen LogP contribution is -2.27. The molecule has 5 heteroatoms. The average Bonchev–Trinajstić information content (AvgIpc) is 2.75. The van der Waals surface area contributed by atoms with E-state index in [0.29, 0.717) is 0 Å². The van der Waals surface area contributed by atoms with Crippen molar-refractivity contribution in [2.24, 2.45) is 13.0 Å². The molecule has 2 unspecified atom stereocenters. The SMILES string of the molecule is Cn1c(C2CCCCC2C(=O)O)nc2cc(Br)ccc21. The highest BCUT2D eigenvalue weighted by atomic mass is 79.9. The number of nitrogens with zero attached hydrogens (tertiary/aromatic N) is 2. The molecule has 1 aliphatic carbocycles. The molecule has 1 aromatic carbocycles. The molecule has 1 N–H and O–H groups in total. The van der Waals surface area contributed by atoms with Crippen molar-refractivity contribution in [2.45, 2.75) is 31.6 Å². The quantitative estimate of drug-likeness (QED) is 0.909. The van der Waals surface area contributed by atoms with Crippen LogP contribution in [0.25, 0.3) is 11.0 Å². The van der Waals surface area contributed by atoms with Crippen LogP contribution in [-0.4, -0.2) is 20.6 Å². The highest BCUT2D eigenvalue weighted by molar-refractivity contribution is 9.10. The number of hydrogen-bond acceptors (Lipinski definition) is 2. The van der Waals surface area contributed by atoms with Crippen LogP contribution in [0, 0.1) is 5.92 Å². The summed E-state index contributed by atoms with van der Waals surface area (Å²) in [6.07, 6.45) is 3.76. The van der Waals surface area contributed by atoms with Gasteiger partial charge in [-0.3, -0.25) is 4.79 Å². The van der Waals surface area contributed by atoms with E-state index >= 15 is 0 Å². The lowest BCUT2D eigenvalue weighted by Gasteiger charge is -2.27. The summed E-state index contributed by atoms with van der Waals surface area (Å²) in [5, 5.41) is 9.44. The molecule has 0 amide bonds. The second-order valence-electron chi connectivity index (χ2n) is 5.50. The molecule has 4 nitrogen and oxygen atoms in total. The summed E-state index contributed by atoms with van der Waals surface area (Å²) >= 11 is 3.45. The topological polar surface area (TPSA) is 55.1 Å². The van der Waals surface area contributed by atoms with E-state index in [1.165, 1.54) is 0 Å². The fraction of sp³-hybridized carbons (Fsp3) is 0.467. The minimum Gasteiger partial charge on any atom is -0.481 e. The molecule has 0 radical (unpaired) electrons. The Hall–Kier alpha value is -1.36. The first-order valence-electron chi connectivity index (χ1n) is 6.92. The molecule has 0 aliphatic heterocycles. The summed E-state index contributed by atoms with van der Waals surface area (Å²) in [6, 6.07) is 6.00. The first-order valence-corrected chi connectivity index (χ1v) is 7.72. The number of aryl methyl sites for hydroxylation is 1. The molecule has 3 rings (SSSR count). The zero-order chi connectivity index (χ0) is 14.3. The molecule has 1 aromatic heterocycles. The van der Waals surface area contributed by atoms with Crippen LogP contribution in [0.15, 0.2) is 22.7 Å². The molecule has 2 aromatic rings. The molecule has 1 fully saturated rings. The van der Waals surface area contributed by atoms with Crippen LogP contribution in [0.5, 0.6) is 0 Å². The van der Waals surface area contributed by atoms with Gasteiger partial charge in [0.25, 0.3) is 0 Å². The van der Waals surface area contributed by atoms with Gasteiger partial charge in [-0.25, -0.2) is 4.98 Å². The van der Waals surface area contributed by atoms with Crippen molar-refractivity contribution in [1.29, 1.82) is 0 Å². The molecule has 20 heavy (non-hydrogen) atoms. The summed E-state index contributed by atoms with van der Waals surface area (Å²) in [6.45, 7) is 0. The van der Waals surface area contributed by atoms with E-state index in [0.717, 1.165) is 47.0 Å². The summed E-state index contributed by atoms with van der Waals surface area (Å²) in [4.78, 5) is 16.2. The number of fused-ring (bicyclic) bond motifs is 1. The standard InChI is InChI=1S/C15H17BrN2O2/c1-18-13-7-6-9(16)8-12(13)17-14(18)10-4-2-3-5-11(10)15(19)20/h6-8,10-11H,2-5H2,1H3,(H,19,20). The highest BCUT2D eigenvalue weighted by Gasteiger charge is 2.34. The van der Waals surface area contributed by atoms with Gasteiger partial charge in [0, 0.05) is 17.4 Å². The lowest BCUT2D eigenvalue weighted by atomic mass is 9.79. The summed E-state index contributed by atoms with van der Waals surface area (Å²) in [5.74, 6) is -0.0618. The number of halogens is 1. The Morgan fingerprint density at radius 2 is 2.15 bits per heavy atom. The maximum Gasteiger partial charge on any atom is 0.307 e. The Balaban J connectivity index is 2.08. The predicted octanol–water partition coefficient (Wildman–Crippen LogP) is 3.69. The summed E-state index contributed by atoms with van der Waals surface area (Å²) in [7, 11) is 1.98. The minimum atomic E-state index is -0.692. The largest absolute Gasteiger partial charge is 0.481 e. The van der Waals surface area contributed by atoms with Gasteiger partial charge in [0.2, 0.25) is 0 Å². The number of aromatic nitrogens is 2. The van der Waals surface area contributed by atoms with Crippen LogP contribution >= 0.6 is 15.9 Å². The lowest BCUT2D eigenvalue weighted by molar-refractivity contribution is -0.143. The Morgan fingerprint density at radius 1 is 1.40 bits per heavy atom. The molecular weight excluding hydrogens is 320 g/mol. The predicted molar refractivity (Wildman–Crippen MR) is 80.7 cm³/mol. The Labute approximate surface area is 125 Å². The maximum atomic E-state index is 11.5. The van der Waals surface area contributed by atoms with Crippen molar-refractivity contribution in [3.8, 4) is 0 Å². The zero-order valence-electron chi connectivity index (χ0n) is 11.3. The monoisotopic (exact) mass is 336 g/mol. The number of imidazole rings is 1. The third-order valence-corrected chi connectivity index (χ3v) is 4.79. The number of rotatable bonds is 2. The molecule has 1 aliphatic rings. The van der Waals surface area contributed by atoms with Crippen molar-refractivity contribution in [2.75, 3.05) is 0 Å². The van der Waals surface area contributed by atoms with E-state index in [2.05, 4.69) is 15.9 Å². The van der Waals surface area contributed by atoms with E-state index in [9.17, 15) is 9.90 Å². The molecular formula is C15H17BrN2O2. The molecule has 0 saturated heterocycles. The fourth-order valence-electron chi connectivity index (χ4n) is 3.26. The third kappa shape index (κ3) is 2.24. The van der Waals surface area contributed by atoms with E-state index in [-0.39, 0.29) is 11.8 Å². The molecule has 0 spiro atoms. The van der Waals surface area contributed by atoms with Gasteiger partial charge in [-0.15, -0.1) is 0 Å². The van der Waals surface area contributed by atoms with Crippen LogP contribution in [0.4, 0.5) is 0 Å². The van der Waals surface area contributed by atoms with Crippen LogP contribution in [-0.2, 0) is 11.8 Å². The molecule has 0 bridgehead atoms. The second-order valence-corrected chi connectivity index (χ2v) is 6.41. The molecule has 1 saturated carbocycles. The van der Waals surface area contributed by atoms with Crippen molar-refractivity contribution < 1.29 is 9.90 Å². The van der Waals surface area contributed by atoms with Crippen LogP contribution in [0.3, 0.4) is 0 Å². The van der Waals surface area contributed by atoms with Crippen LogP contribution < -0.4 is 0 Å². The number of carboxylic acid groups (broad SMARTS) is 1. The van der Waals surface area contributed by atoms with Gasteiger partial charge in [-0.2, -0.15) is 0 Å². The van der Waals surface area contributed by atoms with E-state index in [4.69, 9.17) is 4.98 Å². The summed E-state index contributed by atoms with van der Waals surface area (Å²) < 4.78 is 3.04. The van der Waals surface area contributed by atoms with Gasteiger partial charge in [0.15, 0.2) is 0 Å². The first-order chi connectivity index (χ1) is 9.58. The number of carboxylic acids is 1. The average molecular weight is 337 g/mol. The van der Waals surface area contributed by atoms with Crippen LogP contribution in [0.2, 0.25) is 0 Å². The van der Waals surface area contributed by atoms with E-state index in [1.54, 1.807) is 0 Å². The van der Waals surface area contributed by atoms with Crippen molar-refractivity contribution in [3.05, 3.63) is 28.5 Å². The Bertz CT molecular complexity index is 665. The van der Waals surface area contributed by atoms with Gasteiger partial charge in [0.1, 0.15) is 5.82 Å². The van der Waals surface area contributed by atoms with Crippen LogP contribution in [0.1, 0.15) is 37.4 Å². The fourth-order valence-corrected chi connectivity index (χ4v) is 3.61. The maximum absolute atomic E-state index is 11.5. The van der Waals surface area contributed by atoms with Gasteiger partial charge in [-0.1, -0.05) is 28.8 Å². The normalized spacial score (nSPS) is 23.1. The number of benzene rings is 1. The first kappa shape index (κ1) is 13.6. The zero-order valence-corrected chi connectivity index (χ0v) is 12.9. The van der Waals surface area contributed by atoms with E-state index in [1.807, 2.05) is 29.8 Å².